The Hall–Kier alpha value is -2.66. The smallest absolute Gasteiger partial charge is 0.244 e. The van der Waals surface area contributed by atoms with Crippen LogP contribution < -0.4 is 9.47 Å². The van der Waals surface area contributed by atoms with E-state index in [0.717, 1.165) is 5.56 Å². The standard InChI is InChI=1S/C24H29N3O6S/c28-24(26-12-14-31-15-13-26)23(19-4-2-1-3-5-19)25-8-10-27(11-9-25)34(29,30)20-6-7-21-22(18-20)33-17-16-32-21/h1-7,18,23H,8-17H2/t23-/m1/s1. The van der Waals surface area contributed by atoms with Gasteiger partial charge in [-0.05, 0) is 17.7 Å². The molecule has 5 rings (SSSR count). The number of hydrogen-bond acceptors (Lipinski definition) is 7. The van der Waals surface area contributed by atoms with Crippen LogP contribution in [0.2, 0.25) is 0 Å². The summed E-state index contributed by atoms with van der Waals surface area (Å²) in [5, 5.41) is 0. The van der Waals surface area contributed by atoms with Gasteiger partial charge in [0.2, 0.25) is 15.9 Å². The highest BCUT2D eigenvalue weighted by Crippen LogP contribution is 2.34. The van der Waals surface area contributed by atoms with E-state index >= 15 is 0 Å². The Bertz CT molecular complexity index is 1110. The van der Waals surface area contributed by atoms with Gasteiger partial charge >= 0.3 is 0 Å². The molecule has 2 saturated heterocycles. The van der Waals surface area contributed by atoms with Crippen LogP contribution in [0.1, 0.15) is 11.6 Å². The molecule has 0 N–H and O–H groups in total. The predicted octanol–water partition coefficient (Wildman–Crippen LogP) is 1.36. The fourth-order valence-corrected chi connectivity index (χ4v) is 6.08. The van der Waals surface area contributed by atoms with Crippen molar-refractivity contribution in [1.82, 2.24) is 14.1 Å². The fourth-order valence-electron chi connectivity index (χ4n) is 4.64. The largest absolute Gasteiger partial charge is 0.486 e. The zero-order valence-electron chi connectivity index (χ0n) is 19.0. The van der Waals surface area contributed by atoms with Gasteiger partial charge in [-0.15, -0.1) is 0 Å². The summed E-state index contributed by atoms with van der Waals surface area (Å²) in [7, 11) is -3.69. The van der Waals surface area contributed by atoms with Crippen molar-refractivity contribution in [3.63, 3.8) is 0 Å². The van der Waals surface area contributed by atoms with E-state index in [1.807, 2.05) is 35.2 Å². The lowest BCUT2D eigenvalue weighted by atomic mass is 10.0. The van der Waals surface area contributed by atoms with Gasteiger partial charge < -0.3 is 19.1 Å². The molecule has 0 saturated carbocycles. The third-order valence-corrected chi connectivity index (χ3v) is 8.36. The Kier molecular flexibility index (Phi) is 6.73. The molecule has 0 radical (unpaired) electrons. The molecule has 0 aliphatic carbocycles. The number of fused-ring (bicyclic) bond motifs is 1. The average Bonchev–Trinajstić information content (AvgIpc) is 2.90. The first-order valence-electron chi connectivity index (χ1n) is 11.6. The first-order valence-corrected chi connectivity index (χ1v) is 13.0. The summed E-state index contributed by atoms with van der Waals surface area (Å²) in [6, 6.07) is 14.0. The number of carbonyl (C=O) groups is 1. The number of amides is 1. The molecule has 1 atom stereocenters. The number of benzene rings is 2. The van der Waals surface area contributed by atoms with E-state index in [2.05, 4.69) is 4.90 Å². The zero-order chi connectivity index (χ0) is 23.5. The lowest BCUT2D eigenvalue weighted by Gasteiger charge is -2.40. The molecule has 1 amide bonds. The van der Waals surface area contributed by atoms with Crippen LogP contribution in [0.25, 0.3) is 0 Å². The second-order valence-corrected chi connectivity index (χ2v) is 10.4. The van der Waals surface area contributed by atoms with Gasteiger partial charge in [-0.25, -0.2) is 8.42 Å². The van der Waals surface area contributed by atoms with Gasteiger partial charge in [0.15, 0.2) is 11.5 Å². The molecule has 3 heterocycles. The molecule has 2 fully saturated rings. The molecule has 3 aliphatic heterocycles. The van der Waals surface area contributed by atoms with Crippen molar-refractivity contribution < 1.29 is 27.4 Å². The van der Waals surface area contributed by atoms with Crippen molar-refractivity contribution in [3.05, 3.63) is 54.1 Å². The summed E-state index contributed by atoms with van der Waals surface area (Å²) >= 11 is 0. The van der Waals surface area contributed by atoms with Crippen LogP contribution in [0.15, 0.2) is 53.4 Å². The van der Waals surface area contributed by atoms with Gasteiger partial charge in [0.1, 0.15) is 19.3 Å². The van der Waals surface area contributed by atoms with Crippen molar-refractivity contribution >= 4 is 15.9 Å². The maximum absolute atomic E-state index is 13.5. The minimum absolute atomic E-state index is 0.0395. The van der Waals surface area contributed by atoms with Crippen LogP contribution in [-0.4, -0.2) is 94.1 Å². The molecule has 0 aromatic heterocycles. The van der Waals surface area contributed by atoms with Crippen LogP contribution in [0, 0.1) is 0 Å². The van der Waals surface area contributed by atoms with Gasteiger partial charge in [-0.3, -0.25) is 9.69 Å². The van der Waals surface area contributed by atoms with Crippen molar-refractivity contribution in [1.29, 1.82) is 0 Å². The molecule has 0 bridgehead atoms. The molecule has 10 heteroatoms. The maximum Gasteiger partial charge on any atom is 0.244 e. The highest BCUT2D eigenvalue weighted by molar-refractivity contribution is 7.89. The molecule has 2 aromatic rings. The SMILES string of the molecule is O=C([C@@H](c1ccccc1)N1CCN(S(=O)(=O)c2ccc3c(c2)OCCO3)CC1)N1CCOCC1. The molecule has 3 aliphatic rings. The van der Waals surface area contributed by atoms with Crippen LogP contribution in [0.5, 0.6) is 11.5 Å². The van der Waals surface area contributed by atoms with Crippen molar-refractivity contribution in [2.45, 2.75) is 10.9 Å². The van der Waals surface area contributed by atoms with Crippen molar-refractivity contribution in [2.75, 3.05) is 65.7 Å². The molecule has 34 heavy (non-hydrogen) atoms. The van der Waals surface area contributed by atoms with E-state index in [-0.39, 0.29) is 10.8 Å². The maximum atomic E-state index is 13.5. The summed E-state index contributed by atoms with van der Waals surface area (Å²) in [4.78, 5) is 17.6. The quantitative estimate of drug-likeness (QED) is 0.629. The third-order valence-electron chi connectivity index (χ3n) is 6.46. The molecule has 182 valence electrons. The Morgan fingerprint density at radius 3 is 2.18 bits per heavy atom. The Labute approximate surface area is 199 Å². The first kappa shape index (κ1) is 23.1. The molecule has 0 unspecified atom stereocenters. The summed E-state index contributed by atoms with van der Waals surface area (Å²) in [6.07, 6.45) is 0. The Morgan fingerprint density at radius 1 is 0.794 bits per heavy atom. The monoisotopic (exact) mass is 487 g/mol. The van der Waals surface area contributed by atoms with Gasteiger partial charge in [-0.2, -0.15) is 4.31 Å². The zero-order valence-corrected chi connectivity index (χ0v) is 19.8. The van der Waals surface area contributed by atoms with Crippen molar-refractivity contribution in [2.24, 2.45) is 0 Å². The third kappa shape index (κ3) is 4.63. The second-order valence-electron chi connectivity index (χ2n) is 8.50. The summed E-state index contributed by atoms with van der Waals surface area (Å²) in [5.41, 5.74) is 0.919. The van der Waals surface area contributed by atoms with Crippen LogP contribution in [0.3, 0.4) is 0 Å². The van der Waals surface area contributed by atoms with E-state index in [1.54, 1.807) is 12.1 Å². The Balaban J connectivity index is 1.32. The summed E-state index contributed by atoms with van der Waals surface area (Å²) in [5.74, 6) is 1.05. The highest BCUT2D eigenvalue weighted by atomic mass is 32.2. The normalized spacial score (nSPS) is 20.6. The number of hydrogen-bond donors (Lipinski definition) is 0. The van der Waals surface area contributed by atoms with Crippen molar-refractivity contribution in [3.8, 4) is 11.5 Å². The Morgan fingerprint density at radius 2 is 1.47 bits per heavy atom. The number of morpholine rings is 1. The second kappa shape index (κ2) is 9.91. The molecular weight excluding hydrogens is 458 g/mol. The van der Waals surface area contributed by atoms with Gasteiger partial charge in [0, 0.05) is 45.3 Å². The number of nitrogens with zero attached hydrogens (tertiary/aromatic N) is 3. The summed E-state index contributed by atoms with van der Waals surface area (Å²) in [6.45, 7) is 4.58. The van der Waals surface area contributed by atoms with Crippen LogP contribution in [-0.2, 0) is 19.6 Å². The van der Waals surface area contributed by atoms with E-state index in [0.29, 0.717) is 77.2 Å². The van der Waals surface area contributed by atoms with E-state index < -0.39 is 16.1 Å². The van der Waals surface area contributed by atoms with E-state index in [4.69, 9.17) is 14.2 Å². The van der Waals surface area contributed by atoms with Gasteiger partial charge in [0.05, 0.1) is 18.1 Å². The predicted molar refractivity (Wildman–Crippen MR) is 124 cm³/mol. The minimum Gasteiger partial charge on any atom is -0.486 e. The number of sulfonamides is 1. The summed E-state index contributed by atoms with van der Waals surface area (Å²) < 4.78 is 44.6. The molecular formula is C24H29N3O6S. The topological polar surface area (TPSA) is 88.6 Å². The number of ether oxygens (including phenoxy) is 3. The van der Waals surface area contributed by atoms with Gasteiger partial charge in [-0.1, -0.05) is 30.3 Å². The fraction of sp³-hybridized carbons (Fsp3) is 0.458. The molecule has 0 spiro atoms. The average molecular weight is 488 g/mol. The van der Waals surface area contributed by atoms with Crippen LogP contribution in [0.4, 0.5) is 0 Å². The van der Waals surface area contributed by atoms with Crippen LogP contribution >= 0.6 is 0 Å². The lowest BCUT2D eigenvalue weighted by molar-refractivity contribution is -0.142. The number of piperazine rings is 1. The lowest BCUT2D eigenvalue weighted by Crippen LogP contribution is -2.54. The molecule has 2 aromatic carbocycles. The minimum atomic E-state index is -3.69. The van der Waals surface area contributed by atoms with Gasteiger partial charge in [0.25, 0.3) is 0 Å². The highest BCUT2D eigenvalue weighted by Gasteiger charge is 2.36. The molecule has 9 nitrogen and oxygen atoms in total. The van der Waals surface area contributed by atoms with E-state index in [1.165, 1.54) is 10.4 Å². The number of carbonyl (C=O) groups excluding carboxylic acids is 1. The first-order chi connectivity index (χ1) is 16.5. The van der Waals surface area contributed by atoms with E-state index in [9.17, 15) is 13.2 Å². The number of rotatable bonds is 5.